The highest BCUT2D eigenvalue weighted by Crippen LogP contribution is 2.62. The van der Waals surface area contributed by atoms with Crippen molar-refractivity contribution in [2.45, 2.75) is 28.0 Å². The summed E-state index contributed by atoms with van der Waals surface area (Å²) < 4.78 is 0. The third-order valence-corrected chi connectivity index (χ3v) is 12.8. The zero-order chi connectivity index (χ0) is 38.6. The van der Waals surface area contributed by atoms with Gasteiger partial charge in [-0.2, -0.15) is 5.26 Å². The summed E-state index contributed by atoms with van der Waals surface area (Å²) in [5.74, 6) is 2.00. The average molecular weight is 759 g/mol. The van der Waals surface area contributed by atoms with Gasteiger partial charge >= 0.3 is 0 Å². The minimum absolute atomic E-state index is 0.489. The van der Waals surface area contributed by atoms with Gasteiger partial charge in [0.2, 0.25) is 0 Å². The molecule has 0 radical (unpaired) electrons. The van der Waals surface area contributed by atoms with Gasteiger partial charge in [-0.25, -0.2) is 15.0 Å². The summed E-state index contributed by atoms with van der Waals surface area (Å²) in [6.45, 7) is 0. The second kappa shape index (κ2) is 13.8. The SMILES string of the molecule is N#Cc1ccc2c(c1)-c1cc(-c3cccc(-c4cccc(-c5nc(C6=CCCC=C6)nc(-c6ccccc6)n5)c4)c3)ccc1C21c2ccccc2Sc2ccccc21. The van der Waals surface area contributed by atoms with Gasteiger partial charge in [0.25, 0.3) is 0 Å². The predicted octanol–water partition coefficient (Wildman–Crippen LogP) is 13.0. The largest absolute Gasteiger partial charge is 0.208 e. The van der Waals surface area contributed by atoms with E-state index in [9.17, 15) is 5.26 Å². The summed E-state index contributed by atoms with van der Waals surface area (Å²) in [6, 6.07) is 60.6. The summed E-state index contributed by atoms with van der Waals surface area (Å²) >= 11 is 1.84. The molecule has 58 heavy (non-hydrogen) atoms. The van der Waals surface area contributed by atoms with Crippen molar-refractivity contribution in [3.05, 3.63) is 216 Å². The fourth-order valence-corrected chi connectivity index (χ4v) is 10.2. The zero-order valence-electron chi connectivity index (χ0n) is 31.4. The molecule has 1 aliphatic heterocycles. The fraction of sp³-hybridized carbons (Fsp3) is 0.0566. The number of allylic oxidation sites excluding steroid dienone is 4. The maximum absolute atomic E-state index is 10.1. The first kappa shape index (κ1) is 34.1. The van der Waals surface area contributed by atoms with E-state index in [1.807, 2.05) is 48.2 Å². The Morgan fingerprint density at radius 1 is 0.466 bits per heavy atom. The van der Waals surface area contributed by atoms with E-state index in [1.54, 1.807) is 0 Å². The Kier molecular flexibility index (Phi) is 8.13. The van der Waals surface area contributed by atoms with Crippen LogP contribution < -0.4 is 0 Å². The molecule has 3 aliphatic rings. The smallest absolute Gasteiger partial charge is 0.164 e. The van der Waals surface area contributed by atoms with Crippen LogP contribution in [-0.4, -0.2) is 15.0 Å². The van der Waals surface area contributed by atoms with Crippen LogP contribution in [0, 0.1) is 11.3 Å². The molecule has 0 atom stereocenters. The van der Waals surface area contributed by atoms with E-state index >= 15 is 0 Å². The van der Waals surface area contributed by atoms with E-state index in [1.165, 1.54) is 32.0 Å². The lowest BCUT2D eigenvalue weighted by atomic mass is 9.67. The van der Waals surface area contributed by atoms with E-state index in [0.717, 1.165) is 62.9 Å². The van der Waals surface area contributed by atoms with Crippen LogP contribution in [-0.2, 0) is 5.41 Å². The van der Waals surface area contributed by atoms with Gasteiger partial charge < -0.3 is 0 Å². The van der Waals surface area contributed by atoms with E-state index in [2.05, 4.69) is 152 Å². The van der Waals surface area contributed by atoms with Gasteiger partial charge in [-0.3, -0.25) is 0 Å². The molecule has 4 nitrogen and oxygen atoms in total. The number of hydrogen-bond acceptors (Lipinski definition) is 5. The second-order valence-corrected chi connectivity index (χ2v) is 16.0. The highest BCUT2D eigenvalue weighted by atomic mass is 32.2. The quantitative estimate of drug-likeness (QED) is 0.175. The molecular weight excluding hydrogens is 725 g/mol. The van der Waals surface area contributed by atoms with Gasteiger partial charge in [0.05, 0.1) is 17.0 Å². The average Bonchev–Trinajstić information content (AvgIpc) is 3.58. The third kappa shape index (κ3) is 5.49. The molecule has 0 amide bonds. The van der Waals surface area contributed by atoms with Crippen LogP contribution in [0.5, 0.6) is 0 Å². The molecule has 0 N–H and O–H groups in total. The van der Waals surface area contributed by atoms with Crippen LogP contribution in [0.1, 0.15) is 46.5 Å². The monoisotopic (exact) mass is 758 g/mol. The van der Waals surface area contributed by atoms with E-state index in [0.29, 0.717) is 23.0 Å². The molecule has 0 fully saturated rings. The summed E-state index contributed by atoms with van der Waals surface area (Å²) in [5.41, 5.74) is 14.8. The molecule has 2 heterocycles. The van der Waals surface area contributed by atoms with Crippen LogP contribution in [0.4, 0.5) is 0 Å². The third-order valence-electron chi connectivity index (χ3n) is 11.6. The van der Waals surface area contributed by atoms with Crippen molar-refractivity contribution in [1.82, 2.24) is 15.0 Å². The summed E-state index contributed by atoms with van der Waals surface area (Å²) in [4.78, 5) is 17.5. The minimum atomic E-state index is -0.489. The number of hydrogen-bond donors (Lipinski definition) is 0. The van der Waals surface area contributed by atoms with Gasteiger partial charge in [-0.15, -0.1) is 0 Å². The molecule has 0 bridgehead atoms. The van der Waals surface area contributed by atoms with Crippen molar-refractivity contribution in [2.75, 3.05) is 0 Å². The van der Waals surface area contributed by atoms with Crippen LogP contribution in [0.2, 0.25) is 0 Å². The Labute approximate surface area is 342 Å². The van der Waals surface area contributed by atoms with Gasteiger partial charge in [-0.05, 0) is 111 Å². The number of benzene rings is 7. The molecule has 11 rings (SSSR count). The molecule has 0 saturated carbocycles. The lowest BCUT2D eigenvalue weighted by Crippen LogP contribution is -2.31. The Morgan fingerprint density at radius 3 is 1.69 bits per heavy atom. The maximum atomic E-state index is 10.1. The van der Waals surface area contributed by atoms with Gasteiger partial charge in [0.1, 0.15) is 0 Å². The van der Waals surface area contributed by atoms with Crippen molar-refractivity contribution in [2.24, 2.45) is 0 Å². The van der Waals surface area contributed by atoms with Crippen molar-refractivity contribution >= 4 is 17.3 Å². The highest BCUT2D eigenvalue weighted by molar-refractivity contribution is 7.99. The number of nitriles is 1. The lowest BCUT2D eigenvalue weighted by Gasteiger charge is -2.39. The number of nitrogens with zero attached hydrogens (tertiary/aromatic N) is 4. The topological polar surface area (TPSA) is 62.5 Å². The molecule has 272 valence electrons. The Hall–Kier alpha value is -7.13. The minimum Gasteiger partial charge on any atom is -0.208 e. The molecule has 7 aromatic carbocycles. The fourth-order valence-electron chi connectivity index (χ4n) is 9.00. The maximum Gasteiger partial charge on any atom is 0.164 e. The normalized spacial score (nSPS) is 14.2. The standard InChI is InChI=1S/C53H34N4S/c54-33-34-25-27-44-42(29-34)43-32-40(26-28-45(43)53(44)46-21-7-9-23-48(46)58-49-24-10-8-22-47(49)53)38-18-11-17-37(30-38)39-19-12-20-41(31-39)52-56-50(35-13-3-1-4-14-35)55-51(57-52)36-15-5-2-6-16-36/h1,3-5,7-32H,2,6H2. The van der Waals surface area contributed by atoms with Gasteiger partial charge in [-0.1, -0.05) is 151 Å². The molecule has 1 spiro atoms. The Bertz CT molecular complexity index is 3020. The van der Waals surface area contributed by atoms with E-state index in [4.69, 9.17) is 15.0 Å². The Balaban J connectivity index is 1.02. The molecule has 0 unspecified atom stereocenters. The first-order chi connectivity index (χ1) is 28.7. The van der Waals surface area contributed by atoms with Gasteiger partial charge in [0, 0.05) is 26.5 Å². The van der Waals surface area contributed by atoms with Crippen LogP contribution >= 0.6 is 11.8 Å². The summed E-state index contributed by atoms with van der Waals surface area (Å²) in [7, 11) is 0. The van der Waals surface area contributed by atoms with E-state index < -0.39 is 5.41 Å². The number of rotatable bonds is 5. The lowest BCUT2D eigenvalue weighted by molar-refractivity contribution is 0.722. The number of aromatic nitrogens is 3. The van der Waals surface area contributed by atoms with E-state index in [-0.39, 0.29) is 0 Å². The first-order valence-corrected chi connectivity index (χ1v) is 20.5. The molecular formula is C53H34N4S. The summed E-state index contributed by atoms with van der Waals surface area (Å²) in [5, 5.41) is 10.1. The van der Waals surface area contributed by atoms with Gasteiger partial charge in [0.15, 0.2) is 17.5 Å². The van der Waals surface area contributed by atoms with Crippen molar-refractivity contribution in [1.29, 1.82) is 5.26 Å². The second-order valence-electron chi connectivity index (χ2n) is 14.9. The molecule has 2 aliphatic carbocycles. The first-order valence-electron chi connectivity index (χ1n) is 19.6. The zero-order valence-corrected chi connectivity index (χ0v) is 32.2. The Morgan fingerprint density at radius 2 is 1.02 bits per heavy atom. The molecule has 0 saturated heterocycles. The van der Waals surface area contributed by atoms with Crippen molar-refractivity contribution < 1.29 is 0 Å². The number of fused-ring (bicyclic) bond motifs is 9. The molecule has 1 aromatic heterocycles. The molecule has 5 heteroatoms. The predicted molar refractivity (Wildman–Crippen MR) is 234 cm³/mol. The van der Waals surface area contributed by atoms with Crippen molar-refractivity contribution in [3.63, 3.8) is 0 Å². The van der Waals surface area contributed by atoms with Crippen LogP contribution in [0.25, 0.3) is 61.7 Å². The molecule has 8 aromatic rings. The summed E-state index contributed by atoms with van der Waals surface area (Å²) in [6.07, 6.45) is 8.51. The van der Waals surface area contributed by atoms with Crippen LogP contribution in [0.15, 0.2) is 192 Å². The highest BCUT2D eigenvalue weighted by Gasteiger charge is 2.50. The van der Waals surface area contributed by atoms with Crippen LogP contribution in [0.3, 0.4) is 0 Å². The van der Waals surface area contributed by atoms with Crippen molar-refractivity contribution in [3.8, 4) is 62.2 Å².